The predicted molar refractivity (Wildman–Crippen MR) is 83.3 cm³/mol. The summed E-state index contributed by atoms with van der Waals surface area (Å²) < 4.78 is 4.77. The van der Waals surface area contributed by atoms with E-state index in [1.165, 1.54) is 7.11 Å². The third kappa shape index (κ3) is 2.61. The van der Waals surface area contributed by atoms with Gasteiger partial charge in [0, 0.05) is 29.7 Å². The average Bonchev–Trinajstić information content (AvgIpc) is 3.05. The molecule has 110 valence electrons. The van der Waals surface area contributed by atoms with Gasteiger partial charge in [-0.15, -0.1) is 0 Å². The van der Waals surface area contributed by atoms with Gasteiger partial charge in [-0.05, 0) is 36.8 Å². The third-order valence-electron chi connectivity index (χ3n) is 3.45. The van der Waals surface area contributed by atoms with Crippen molar-refractivity contribution >= 4 is 5.97 Å². The number of aromatic nitrogens is 3. The van der Waals surface area contributed by atoms with Crippen LogP contribution in [0.15, 0.2) is 48.9 Å². The molecule has 0 radical (unpaired) electrons. The lowest BCUT2D eigenvalue weighted by molar-refractivity contribution is 0.0601. The smallest absolute Gasteiger partial charge is 0.337 e. The van der Waals surface area contributed by atoms with Crippen molar-refractivity contribution in [1.29, 1.82) is 0 Å². The van der Waals surface area contributed by atoms with Gasteiger partial charge < -0.3 is 9.72 Å². The van der Waals surface area contributed by atoms with Crippen LogP contribution in [-0.2, 0) is 4.74 Å². The van der Waals surface area contributed by atoms with Crippen molar-refractivity contribution in [3.05, 3.63) is 60.0 Å². The summed E-state index contributed by atoms with van der Waals surface area (Å²) in [6, 6.07) is 9.23. The molecular weight excluding hydrogens is 278 g/mol. The van der Waals surface area contributed by atoms with Gasteiger partial charge in [0.05, 0.1) is 18.4 Å². The maximum atomic E-state index is 11.7. The summed E-state index contributed by atoms with van der Waals surface area (Å²) in [5, 5.41) is 0. The second-order valence-electron chi connectivity index (χ2n) is 4.90. The number of imidazole rings is 1. The quantitative estimate of drug-likeness (QED) is 0.753. The molecule has 0 fully saturated rings. The zero-order valence-corrected chi connectivity index (χ0v) is 12.3. The van der Waals surface area contributed by atoms with Gasteiger partial charge in [0.2, 0.25) is 0 Å². The number of H-pyrrole nitrogens is 1. The molecule has 1 aromatic carbocycles. The molecule has 0 aliphatic heterocycles. The molecule has 22 heavy (non-hydrogen) atoms. The van der Waals surface area contributed by atoms with Crippen molar-refractivity contribution in [1.82, 2.24) is 15.0 Å². The highest BCUT2D eigenvalue weighted by Gasteiger charge is 2.12. The predicted octanol–water partition coefficient (Wildman–Crippen LogP) is 3.23. The van der Waals surface area contributed by atoms with E-state index in [9.17, 15) is 4.79 Å². The monoisotopic (exact) mass is 293 g/mol. The summed E-state index contributed by atoms with van der Waals surface area (Å²) in [5.41, 5.74) is 4.14. The third-order valence-corrected chi connectivity index (χ3v) is 3.45. The van der Waals surface area contributed by atoms with E-state index in [0.29, 0.717) is 5.56 Å². The minimum absolute atomic E-state index is 0.357. The molecular formula is C17H15N3O2. The van der Waals surface area contributed by atoms with E-state index in [1.54, 1.807) is 24.5 Å². The standard InChI is InChI=1S/C17H15N3O2/c1-11-5-6-12(17(21)22-2)8-14(11)15-10-19-16(20-15)13-4-3-7-18-9-13/h3-10H,1-2H3,(H,19,20). The number of hydrogen-bond acceptors (Lipinski definition) is 4. The summed E-state index contributed by atoms with van der Waals surface area (Å²) in [6.45, 7) is 1.98. The van der Waals surface area contributed by atoms with Gasteiger partial charge in [0.15, 0.2) is 0 Å². The number of hydrogen-bond donors (Lipinski definition) is 1. The summed E-state index contributed by atoms with van der Waals surface area (Å²) in [5.74, 6) is 0.384. The SMILES string of the molecule is COC(=O)c1ccc(C)c(-c2c[nH]c(-c3cccnc3)n2)c1. The normalized spacial score (nSPS) is 10.5. The second kappa shape index (κ2) is 5.81. The van der Waals surface area contributed by atoms with E-state index in [4.69, 9.17) is 4.74 Å². The topological polar surface area (TPSA) is 67.9 Å². The lowest BCUT2D eigenvalue weighted by Crippen LogP contribution is -2.01. The largest absolute Gasteiger partial charge is 0.465 e. The number of ether oxygens (including phenoxy) is 1. The molecule has 0 atom stereocenters. The molecule has 5 heteroatoms. The maximum Gasteiger partial charge on any atom is 0.337 e. The van der Waals surface area contributed by atoms with Crippen molar-refractivity contribution in [3.63, 3.8) is 0 Å². The molecule has 2 aromatic heterocycles. The Balaban J connectivity index is 2.01. The average molecular weight is 293 g/mol. The number of nitrogens with one attached hydrogen (secondary N) is 1. The maximum absolute atomic E-state index is 11.7. The fourth-order valence-corrected chi connectivity index (χ4v) is 2.25. The highest BCUT2D eigenvalue weighted by Crippen LogP contribution is 2.25. The number of aryl methyl sites for hydroxylation is 1. The van der Waals surface area contributed by atoms with E-state index in [0.717, 1.165) is 28.2 Å². The van der Waals surface area contributed by atoms with Crippen molar-refractivity contribution in [2.24, 2.45) is 0 Å². The lowest BCUT2D eigenvalue weighted by Gasteiger charge is -2.05. The Bertz CT molecular complexity index is 810. The Morgan fingerprint density at radius 1 is 1.27 bits per heavy atom. The van der Waals surface area contributed by atoms with Gasteiger partial charge in [-0.25, -0.2) is 9.78 Å². The number of carbonyl (C=O) groups excluding carboxylic acids is 1. The molecule has 0 saturated heterocycles. The summed E-state index contributed by atoms with van der Waals surface area (Å²) in [4.78, 5) is 23.5. The first-order valence-electron chi connectivity index (χ1n) is 6.84. The first-order chi connectivity index (χ1) is 10.7. The van der Waals surface area contributed by atoms with Crippen LogP contribution in [0.25, 0.3) is 22.6 Å². The number of carbonyl (C=O) groups is 1. The second-order valence-corrected chi connectivity index (χ2v) is 4.90. The summed E-state index contributed by atoms with van der Waals surface area (Å²) in [6.07, 6.45) is 5.30. The zero-order chi connectivity index (χ0) is 15.5. The minimum atomic E-state index is -0.357. The van der Waals surface area contributed by atoms with Gasteiger partial charge in [-0.3, -0.25) is 4.98 Å². The molecule has 0 unspecified atom stereocenters. The number of aromatic amines is 1. The molecule has 2 heterocycles. The molecule has 5 nitrogen and oxygen atoms in total. The van der Waals surface area contributed by atoms with Gasteiger partial charge in [0.1, 0.15) is 5.82 Å². The molecule has 3 rings (SSSR count). The van der Waals surface area contributed by atoms with Crippen LogP contribution in [0, 0.1) is 6.92 Å². The molecule has 3 aromatic rings. The van der Waals surface area contributed by atoms with E-state index >= 15 is 0 Å². The minimum Gasteiger partial charge on any atom is -0.465 e. The molecule has 0 aliphatic rings. The Hall–Kier alpha value is -2.95. The molecule has 0 saturated carbocycles. The number of pyridine rings is 1. The molecule has 1 N–H and O–H groups in total. The summed E-state index contributed by atoms with van der Waals surface area (Å²) >= 11 is 0. The van der Waals surface area contributed by atoms with Crippen molar-refractivity contribution < 1.29 is 9.53 Å². The van der Waals surface area contributed by atoms with Crippen LogP contribution in [0.3, 0.4) is 0 Å². The van der Waals surface area contributed by atoms with Crippen LogP contribution in [0.1, 0.15) is 15.9 Å². The van der Waals surface area contributed by atoms with Crippen LogP contribution in [0.4, 0.5) is 0 Å². The first kappa shape index (κ1) is 14.0. The van der Waals surface area contributed by atoms with E-state index < -0.39 is 0 Å². The van der Waals surface area contributed by atoms with E-state index in [-0.39, 0.29) is 5.97 Å². The van der Waals surface area contributed by atoms with E-state index in [2.05, 4.69) is 15.0 Å². The van der Waals surface area contributed by atoms with Gasteiger partial charge in [0.25, 0.3) is 0 Å². The van der Waals surface area contributed by atoms with Crippen LogP contribution in [-0.4, -0.2) is 28.0 Å². The molecule has 0 bridgehead atoms. The van der Waals surface area contributed by atoms with Crippen LogP contribution in [0.5, 0.6) is 0 Å². The molecule has 0 spiro atoms. The van der Waals surface area contributed by atoms with Gasteiger partial charge >= 0.3 is 5.97 Å². The number of nitrogens with zero attached hydrogens (tertiary/aromatic N) is 2. The van der Waals surface area contributed by atoms with Crippen molar-refractivity contribution in [2.75, 3.05) is 7.11 Å². The van der Waals surface area contributed by atoms with Gasteiger partial charge in [-0.1, -0.05) is 6.07 Å². The Morgan fingerprint density at radius 3 is 2.86 bits per heavy atom. The summed E-state index contributed by atoms with van der Waals surface area (Å²) in [7, 11) is 1.37. The van der Waals surface area contributed by atoms with Crippen LogP contribution < -0.4 is 0 Å². The Labute approximate surface area is 128 Å². The number of methoxy groups -OCH3 is 1. The number of benzene rings is 1. The van der Waals surface area contributed by atoms with Crippen LogP contribution >= 0.6 is 0 Å². The zero-order valence-electron chi connectivity index (χ0n) is 12.3. The van der Waals surface area contributed by atoms with Gasteiger partial charge in [-0.2, -0.15) is 0 Å². The fraction of sp³-hybridized carbons (Fsp3) is 0.118. The Kier molecular flexibility index (Phi) is 3.70. The number of esters is 1. The molecule has 0 aliphatic carbocycles. The first-order valence-corrected chi connectivity index (χ1v) is 6.84. The lowest BCUT2D eigenvalue weighted by atomic mass is 10.0. The van der Waals surface area contributed by atoms with Crippen LogP contribution in [0.2, 0.25) is 0 Å². The molecule has 0 amide bonds. The van der Waals surface area contributed by atoms with Crippen molar-refractivity contribution in [3.8, 4) is 22.6 Å². The highest BCUT2D eigenvalue weighted by molar-refractivity contribution is 5.91. The fourth-order valence-electron chi connectivity index (χ4n) is 2.25. The van der Waals surface area contributed by atoms with E-state index in [1.807, 2.05) is 31.3 Å². The Morgan fingerprint density at radius 2 is 2.14 bits per heavy atom. The van der Waals surface area contributed by atoms with Crippen molar-refractivity contribution in [2.45, 2.75) is 6.92 Å². The highest BCUT2D eigenvalue weighted by atomic mass is 16.5. The number of rotatable bonds is 3.